The molecule has 1 aliphatic heterocycles. The molecular formula is C17H23N2O5S-. The third kappa shape index (κ3) is 5.54. The third-order valence-electron chi connectivity index (χ3n) is 3.84. The van der Waals surface area contributed by atoms with E-state index in [0.717, 1.165) is 0 Å². The number of likely N-dealkylation sites (tertiary alicyclic amines) is 1. The lowest BCUT2D eigenvalue weighted by Crippen LogP contribution is -2.43. The predicted octanol–water partition coefficient (Wildman–Crippen LogP) is 2.51. The smallest absolute Gasteiger partial charge is 0.410 e. The van der Waals surface area contributed by atoms with Crippen LogP contribution in [0, 0.1) is 5.92 Å². The van der Waals surface area contributed by atoms with Crippen LogP contribution in [0.15, 0.2) is 29.2 Å². The topological polar surface area (TPSA) is 98.8 Å². The van der Waals surface area contributed by atoms with Crippen molar-refractivity contribution in [2.24, 2.45) is 5.92 Å². The van der Waals surface area contributed by atoms with Gasteiger partial charge in [-0.1, -0.05) is 12.1 Å². The Hall–Kier alpha value is -1.93. The van der Waals surface area contributed by atoms with E-state index < -0.39 is 16.7 Å². The highest BCUT2D eigenvalue weighted by atomic mass is 32.2. The summed E-state index contributed by atoms with van der Waals surface area (Å²) in [5, 5.41) is 2.68. The van der Waals surface area contributed by atoms with Crippen molar-refractivity contribution in [2.75, 3.05) is 18.4 Å². The number of para-hydroxylation sites is 1. The fourth-order valence-corrected chi connectivity index (χ4v) is 3.09. The number of rotatable bonds is 3. The van der Waals surface area contributed by atoms with Crippen molar-refractivity contribution in [3.05, 3.63) is 24.3 Å². The minimum absolute atomic E-state index is 0.0574. The van der Waals surface area contributed by atoms with Crippen LogP contribution in [0.3, 0.4) is 0 Å². The second-order valence-corrected chi connectivity index (χ2v) is 7.87. The number of benzene rings is 1. The monoisotopic (exact) mass is 367 g/mol. The molecule has 0 aliphatic carbocycles. The zero-order valence-corrected chi connectivity index (χ0v) is 15.4. The van der Waals surface area contributed by atoms with Crippen LogP contribution >= 0.6 is 0 Å². The van der Waals surface area contributed by atoms with Gasteiger partial charge in [0.15, 0.2) is 0 Å². The number of carbonyl (C=O) groups is 2. The molecule has 0 spiro atoms. The summed E-state index contributed by atoms with van der Waals surface area (Å²) in [5.74, 6) is -0.506. The Morgan fingerprint density at radius 2 is 1.84 bits per heavy atom. The van der Waals surface area contributed by atoms with Crippen molar-refractivity contribution in [2.45, 2.75) is 44.1 Å². The van der Waals surface area contributed by atoms with E-state index in [-0.39, 0.29) is 28.5 Å². The average Bonchev–Trinajstić information content (AvgIpc) is 2.53. The van der Waals surface area contributed by atoms with E-state index in [1.165, 1.54) is 6.07 Å². The van der Waals surface area contributed by atoms with Gasteiger partial charge in [0.05, 0.1) is 5.69 Å². The minimum Gasteiger partial charge on any atom is -0.768 e. The van der Waals surface area contributed by atoms with Gasteiger partial charge in [-0.2, -0.15) is 0 Å². The van der Waals surface area contributed by atoms with Crippen molar-refractivity contribution < 1.29 is 23.1 Å². The first-order valence-corrected chi connectivity index (χ1v) is 9.22. The molecule has 1 atom stereocenters. The number of hydrogen-bond donors (Lipinski definition) is 1. The van der Waals surface area contributed by atoms with Crippen molar-refractivity contribution >= 4 is 28.8 Å². The van der Waals surface area contributed by atoms with Crippen LogP contribution in [0.1, 0.15) is 33.6 Å². The molecule has 1 saturated heterocycles. The molecule has 1 heterocycles. The Balaban J connectivity index is 1.92. The normalized spacial score (nSPS) is 17.0. The van der Waals surface area contributed by atoms with E-state index in [0.29, 0.717) is 25.9 Å². The Morgan fingerprint density at radius 1 is 1.24 bits per heavy atom. The molecule has 7 nitrogen and oxygen atoms in total. The molecule has 0 radical (unpaired) electrons. The van der Waals surface area contributed by atoms with Gasteiger partial charge in [-0.15, -0.1) is 0 Å². The first-order chi connectivity index (χ1) is 11.7. The highest BCUT2D eigenvalue weighted by Gasteiger charge is 2.30. The third-order valence-corrected chi connectivity index (χ3v) is 4.56. The van der Waals surface area contributed by atoms with Crippen molar-refractivity contribution in [3.8, 4) is 0 Å². The highest BCUT2D eigenvalue weighted by Crippen LogP contribution is 2.23. The number of piperidine rings is 1. The van der Waals surface area contributed by atoms with Crippen molar-refractivity contribution in [3.63, 3.8) is 0 Å². The van der Waals surface area contributed by atoms with Gasteiger partial charge in [0.2, 0.25) is 5.91 Å². The van der Waals surface area contributed by atoms with Gasteiger partial charge >= 0.3 is 6.09 Å². The van der Waals surface area contributed by atoms with E-state index >= 15 is 0 Å². The zero-order valence-electron chi connectivity index (χ0n) is 14.6. The molecule has 1 aliphatic rings. The summed E-state index contributed by atoms with van der Waals surface area (Å²) in [4.78, 5) is 26.1. The van der Waals surface area contributed by atoms with E-state index in [1.807, 2.05) is 20.8 Å². The van der Waals surface area contributed by atoms with E-state index in [2.05, 4.69) is 5.32 Å². The molecule has 2 amide bonds. The lowest BCUT2D eigenvalue weighted by atomic mass is 9.96. The van der Waals surface area contributed by atoms with Gasteiger partial charge in [0, 0.05) is 23.9 Å². The maximum atomic E-state index is 12.4. The number of hydrogen-bond acceptors (Lipinski definition) is 5. The summed E-state index contributed by atoms with van der Waals surface area (Å²) in [5.41, 5.74) is -0.279. The Bertz CT molecular complexity index is 663. The SMILES string of the molecule is CC(C)(C)OC(=O)N1CCC(C(=O)Nc2ccccc2S(=O)[O-])CC1. The van der Waals surface area contributed by atoms with Gasteiger partial charge in [-0.25, -0.2) is 4.79 Å². The van der Waals surface area contributed by atoms with Crippen LogP contribution in [-0.2, 0) is 20.6 Å². The van der Waals surface area contributed by atoms with E-state index in [1.54, 1.807) is 23.1 Å². The molecule has 1 fully saturated rings. The summed E-state index contributed by atoms with van der Waals surface area (Å²) in [7, 11) is 0. The maximum absolute atomic E-state index is 12.4. The summed E-state index contributed by atoms with van der Waals surface area (Å²) >= 11 is -2.42. The van der Waals surface area contributed by atoms with E-state index in [4.69, 9.17) is 4.74 Å². The van der Waals surface area contributed by atoms with Crippen LogP contribution < -0.4 is 5.32 Å². The zero-order chi connectivity index (χ0) is 18.6. The van der Waals surface area contributed by atoms with Crippen LogP contribution in [0.2, 0.25) is 0 Å². The first kappa shape index (κ1) is 19.4. The molecule has 0 aromatic heterocycles. The maximum Gasteiger partial charge on any atom is 0.410 e. The highest BCUT2D eigenvalue weighted by molar-refractivity contribution is 7.79. The lowest BCUT2D eigenvalue weighted by molar-refractivity contribution is -0.121. The quantitative estimate of drug-likeness (QED) is 0.828. The fourth-order valence-electron chi connectivity index (χ4n) is 2.60. The molecular weight excluding hydrogens is 344 g/mol. The van der Waals surface area contributed by atoms with Gasteiger partial charge < -0.3 is 19.5 Å². The average molecular weight is 367 g/mol. The fraction of sp³-hybridized carbons (Fsp3) is 0.529. The molecule has 138 valence electrons. The summed E-state index contributed by atoms with van der Waals surface area (Å²) in [6.07, 6.45) is 0.639. The van der Waals surface area contributed by atoms with Crippen LogP contribution in [-0.4, -0.2) is 44.4 Å². The van der Waals surface area contributed by atoms with Gasteiger partial charge in [-0.05, 0) is 56.8 Å². The summed E-state index contributed by atoms with van der Waals surface area (Å²) in [6.45, 7) is 6.29. The van der Waals surface area contributed by atoms with Crippen LogP contribution in [0.5, 0.6) is 0 Å². The molecule has 0 saturated carbocycles. The largest absolute Gasteiger partial charge is 0.768 e. The number of ether oxygens (including phenoxy) is 1. The van der Waals surface area contributed by atoms with Crippen molar-refractivity contribution in [1.82, 2.24) is 4.90 Å². The number of amides is 2. The molecule has 1 aromatic carbocycles. The van der Waals surface area contributed by atoms with Gasteiger partial charge in [0.25, 0.3) is 0 Å². The summed E-state index contributed by atoms with van der Waals surface area (Å²) < 4.78 is 27.7. The standard InChI is InChI=1S/C17H24N2O5S/c1-17(2,3)24-16(21)19-10-8-12(9-11-19)15(20)18-13-6-4-5-7-14(13)25(22)23/h4-7,12H,8-11H2,1-3H3,(H,18,20)(H,22,23)/p-1. The molecule has 25 heavy (non-hydrogen) atoms. The van der Waals surface area contributed by atoms with Crippen molar-refractivity contribution in [1.29, 1.82) is 0 Å². The number of nitrogens with one attached hydrogen (secondary N) is 1. The van der Waals surface area contributed by atoms with Crippen LogP contribution in [0.25, 0.3) is 0 Å². The number of anilines is 1. The first-order valence-electron chi connectivity index (χ1n) is 8.14. The second-order valence-electron chi connectivity index (χ2n) is 6.96. The van der Waals surface area contributed by atoms with Gasteiger partial charge in [-0.3, -0.25) is 9.00 Å². The molecule has 0 bridgehead atoms. The molecule has 2 rings (SSSR count). The number of carbonyl (C=O) groups excluding carboxylic acids is 2. The Kier molecular flexibility index (Phi) is 6.18. The molecule has 1 N–H and O–H groups in total. The molecule has 8 heteroatoms. The second kappa shape index (κ2) is 7.97. The van der Waals surface area contributed by atoms with Gasteiger partial charge in [0.1, 0.15) is 5.60 Å². The Morgan fingerprint density at radius 3 is 2.40 bits per heavy atom. The molecule has 1 aromatic rings. The number of nitrogens with zero attached hydrogens (tertiary/aromatic N) is 1. The van der Waals surface area contributed by atoms with E-state index in [9.17, 15) is 18.4 Å². The Labute approximate surface area is 150 Å². The van der Waals surface area contributed by atoms with Crippen LogP contribution in [0.4, 0.5) is 10.5 Å². The summed E-state index contributed by atoms with van der Waals surface area (Å²) in [6, 6.07) is 6.25. The molecule has 1 unspecified atom stereocenters. The lowest BCUT2D eigenvalue weighted by Gasteiger charge is -2.33. The predicted molar refractivity (Wildman–Crippen MR) is 92.8 cm³/mol. The minimum atomic E-state index is -2.42.